The van der Waals surface area contributed by atoms with Crippen LogP contribution in [0.15, 0.2) is 206 Å². The van der Waals surface area contributed by atoms with Gasteiger partial charge in [0, 0.05) is 56.1 Å². The van der Waals surface area contributed by atoms with Crippen LogP contribution in [0.5, 0.6) is 0 Å². The minimum Gasteiger partial charge on any atom is -0.310 e. The first kappa shape index (κ1) is 59.4. The number of fused-ring (bicyclic) bond motifs is 6. The molecule has 0 amide bonds. The molecule has 0 saturated carbocycles. The Kier molecular flexibility index (Phi) is 19.2. The van der Waals surface area contributed by atoms with Gasteiger partial charge in [-0.05, 0) is 190 Å². The molecule has 0 atom stereocenters. The van der Waals surface area contributed by atoms with E-state index in [1.165, 1.54) is 159 Å². The second-order valence-electron chi connectivity index (χ2n) is 24.6. The van der Waals surface area contributed by atoms with Gasteiger partial charge in [-0.15, -0.1) is 12.8 Å². The van der Waals surface area contributed by atoms with Crippen molar-refractivity contribution in [3.63, 3.8) is 0 Å². The maximum atomic E-state index is 6.75. The molecular formula is C84H88N2. The summed E-state index contributed by atoms with van der Waals surface area (Å²) in [4.78, 5) is 4.86. The third-order valence-electron chi connectivity index (χ3n) is 19.2. The molecule has 0 unspecified atom stereocenters. The first-order chi connectivity index (χ1) is 42.4. The van der Waals surface area contributed by atoms with E-state index in [4.69, 9.17) is 12.8 Å². The van der Waals surface area contributed by atoms with Crippen molar-refractivity contribution in [3.8, 4) is 69.2 Å². The van der Waals surface area contributed by atoms with Crippen molar-refractivity contribution < 1.29 is 0 Å². The van der Waals surface area contributed by atoms with E-state index in [2.05, 4.69) is 256 Å². The summed E-state index contributed by atoms with van der Waals surface area (Å²) >= 11 is 0. The van der Waals surface area contributed by atoms with Crippen molar-refractivity contribution in [1.82, 2.24) is 0 Å². The average molecular weight is 1130 g/mol. The molecular weight excluding hydrogens is 1040 g/mol. The van der Waals surface area contributed by atoms with Crippen molar-refractivity contribution in [2.45, 2.75) is 167 Å². The molecule has 86 heavy (non-hydrogen) atoms. The van der Waals surface area contributed by atoms with Crippen LogP contribution in [0, 0.1) is 24.7 Å². The van der Waals surface area contributed by atoms with Crippen LogP contribution in [0.25, 0.3) is 44.5 Å². The quantitative estimate of drug-likeness (QED) is 0.0356. The number of terminal acetylenes is 2. The predicted molar refractivity (Wildman–Crippen MR) is 370 cm³/mol. The lowest BCUT2D eigenvalue weighted by Crippen LogP contribution is -2.26. The number of unbranched alkanes of at least 4 members (excludes halogenated alkanes) is 12. The zero-order valence-corrected chi connectivity index (χ0v) is 51.8. The number of benzene rings is 9. The van der Waals surface area contributed by atoms with Gasteiger partial charge in [-0.25, -0.2) is 0 Å². The van der Waals surface area contributed by atoms with Crippen LogP contribution in [-0.4, -0.2) is 0 Å². The highest BCUT2D eigenvalue weighted by Crippen LogP contribution is 2.59. The van der Waals surface area contributed by atoms with Gasteiger partial charge in [0.05, 0.1) is 0 Å². The van der Waals surface area contributed by atoms with E-state index < -0.39 is 0 Å². The Labute approximate surface area is 516 Å². The van der Waals surface area contributed by atoms with Crippen molar-refractivity contribution in [2.24, 2.45) is 0 Å². The molecule has 434 valence electrons. The van der Waals surface area contributed by atoms with Crippen LogP contribution in [0.2, 0.25) is 0 Å². The molecule has 2 aliphatic rings. The zero-order valence-electron chi connectivity index (χ0n) is 51.8. The van der Waals surface area contributed by atoms with Gasteiger partial charge < -0.3 is 9.80 Å². The topological polar surface area (TPSA) is 6.48 Å². The Balaban J connectivity index is 1.03. The Morgan fingerprint density at radius 1 is 0.279 bits per heavy atom. The number of rotatable bonds is 28. The Bertz CT molecular complexity index is 3450. The minimum atomic E-state index is -0.174. The molecule has 0 saturated heterocycles. The van der Waals surface area contributed by atoms with Crippen molar-refractivity contribution in [3.05, 3.63) is 240 Å². The average Bonchev–Trinajstić information content (AvgIpc) is 1.66. The molecule has 2 heteroatoms. The summed E-state index contributed by atoms with van der Waals surface area (Å²) in [5, 5.41) is 0. The predicted octanol–water partition coefficient (Wildman–Crippen LogP) is 24.3. The molecule has 11 rings (SSSR count). The van der Waals surface area contributed by atoms with Crippen LogP contribution in [-0.2, 0) is 10.8 Å². The zero-order chi connectivity index (χ0) is 59.3. The molecule has 0 spiro atoms. The summed E-state index contributed by atoms with van der Waals surface area (Å²) in [6.07, 6.45) is 37.3. The van der Waals surface area contributed by atoms with Gasteiger partial charge in [-0.3, -0.25) is 0 Å². The SMILES string of the molecule is C#Cc1cc(-c2ccc3c(c2)C(CCCCCC)(CCCCCC)c2cc(N(c4ccccc4)c4ccccc4)ccc2-3)c(C#C)cc1-c1ccc2c(c1)C(CCCCCC)(CCCCCC)c1cc(N(c3ccccc3)c3ccccc3)ccc1-2. The Morgan fingerprint density at radius 2 is 0.558 bits per heavy atom. The molecule has 0 heterocycles. The second kappa shape index (κ2) is 27.8. The molecule has 0 radical (unpaired) electrons. The first-order valence-electron chi connectivity index (χ1n) is 32.9. The van der Waals surface area contributed by atoms with E-state index in [0.29, 0.717) is 0 Å². The highest BCUT2D eigenvalue weighted by atomic mass is 15.1. The fourth-order valence-corrected chi connectivity index (χ4v) is 14.8. The molecule has 0 aliphatic heterocycles. The minimum absolute atomic E-state index is 0.174. The van der Waals surface area contributed by atoms with Gasteiger partial charge >= 0.3 is 0 Å². The molecule has 2 nitrogen and oxygen atoms in total. The fraction of sp³-hybridized carbons (Fsp3) is 0.310. The van der Waals surface area contributed by atoms with Gasteiger partial charge in [0.15, 0.2) is 0 Å². The lowest BCUT2D eigenvalue weighted by Gasteiger charge is -2.34. The number of nitrogens with zero attached hydrogens (tertiary/aromatic N) is 2. The van der Waals surface area contributed by atoms with E-state index in [-0.39, 0.29) is 10.8 Å². The normalized spacial score (nSPS) is 13.0. The summed E-state index contributed by atoms with van der Waals surface area (Å²) < 4.78 is 0. The third-order valence-corrected chi connectivity index (χ3v) is 19.2. The maximum Gasteiger partial charge on any atom is 0.0465 e. The summed E-state index contributed by atoms with van der Waals surface area (Å²) in [6, 6.07) is 77.1. The van der Waals surface area contributed by atoms with E-state index in [1.807, 2.05) is 0 Å². The van der Waals surface area contributed by atoms with E-state index >= 15 is 0 Å². The largest absolute Gasteiger partial charge is 0.310 e. The monoisotopic (exact) mass is 1120 g/mol. The number of anilines is 6. The van der Waals surface area contributed by atoms with Crippen LogP contribution in [0.1, 0.15) is 189 Å². The van der Waals surface area contributed by atoms with Crippen molar-refractivity contribution in [2.75, 3.05) is 9.80 Å². The van der Waals surface area contributed by atoms with Crippen LogP contribution in [0.3, 0.4) is 0 Å². The highest BCUT2D eigenvalue weighted by molar-refractivity contribution is 5.92. The Hall–Kier alpha value is -8.30. The van der Waals surface area contributed by atoms with Crippen LogP contribution < -0.4 is 9.80 Å². The summed E-state index contributed by atoms with van der Waals surface area (Å²) in [5.74, 6) is 6.47. The van der Waals surface area contributed by atoms with Gasteiger partial charge in [0.1, 0.15) is 0 Å². The summed E-state index contributed by atoms with van der Waals surface area (Å²) in [5.41, 5.74) is 23.9. The summed E-state index contributed by atoms with van der Waals surface area (Å²) in [7, 11) is 0. The van der Waals surface area contributed by atoms with Gasteiger partial charge in [-0.2, -0.15) is 0 Å². The van der Waals surface area contributed by atoms with Gasteiger partial charge in [-0.1, -0.05) is 251 Å². The smallest absolute Gasteiger partial charge is 0.0465 e. The molecule has 0 bridgehead atoms. The third kappa shape index (κ3) is 12.0. The number of hydrogen-bond donors (Lipinski definition) is 0. The van der Waals surface area contributed by atoms with Gasteiger partial charge in [0.25, 0.3) is 0 Å². The van der Waals surface area contributed by atoms with Crippen LogP contribution in [0.4, 0.5) is 34.1 Å². The number of para-hydroxylation sites is 4. The second-order valence-corrected chi connectivity index (χ2v) is 24.6. The van der Waals surface area contributed by atoms with E-state index in [0.717, 1.165) is 81.8 Å². The van der Waals surface area contributed by atoms with E-state index in [1.54, 1.807) is 0 Å². The van der Waals surface area contributed by atoms with E-state index in [9.17, 15) is 0 Å². The van der Waals surface area contributed by atoms with Gasteiger partial charge in [0.2, 0.25) is 0 Å². The van der Waals surface area contributed by atoms with Crippen molar-refractivity contribution in [1.29, 1.82) is 0 Å². The number of hydrogen-bond acceptors (Lipinski definition) is 2. The van der Waals surface area contributed by atoms with Crippen LogP contribution >= 0.6 is 0 Å². The summed E-state index contributed by atoms with van der Waals surface area (Å²) in [6.45, 7) is 9.29. The standard InChI is InChI=1S/C84H88N2/c1-7-13-17-33-53-83(54-34-18-14-8-2)79-59-65(45-49-73(79)75-51-47-71(61-81(75)83)85(67-37-25-21-26-38-67)68-39-27-22-28-40-68)77-57-64(12-6)78(58-63(77)11-5)66-46-50-74-76-52-48-72(86(69-41-29-23-30-42-69)70-43-31-24-32-44-70)62-82(76)84(80(74)60-66,55-35-19-15-9-3)56-36-20-16-10-4/h5-6,21-32,37-52,57-62H,7-10,13-20,33-36,53-56H2,1-4H3. The first-order valence-corrected chi connectivity index (χ1v) is 32.9. The molecule has 9 aromatic carbocycles. The Morgan fingerprint density at radius 3 is 0.837 bits per heavy atom. The van der Waals surface area contributed by atoms with Crippen molar-refractivity contribution >= 4 is 34.1 Å². The molecule has 2 aliphatic carbocycles. The lowest BCUT2D eigenvalue weighted by molar-refractivity contribution is 0.401. The molecule has 0 fully saturated rings. The molecule has 0 N–H and O–H groups in total. The lowest BCUT2D eigenvalue weighted by atomic mass is 9.70. The maximum absolute atomic E-state index is 6.75. The molecule has 9 aromatic rings. The highest BCUT2D eigenvalue weighted by Gasteiger charge is 2.45. The molecule has 0 aromatic heterocycles. The fourth-order valence-electron chi connectivity index (χ4n) is 14.8.